The highest BCUT2D eigenvalue weighted by Gasteiger charge is 2.26. The molecule has 0 aromatic carbocycles. The van der Waals surface area contributed by atoms with Crippen molar-refractivity contribution < 1.29 is 30.5 Å². The van der Waals surface area contributed by atoms with Crippen molar-refractivity contribution in [1.82, 2.24) is 4.72 Å². The summed E-state index contributed by atoms with van der Waals surface area (Å²) in [7, 11) is -9.19. The molecule has 0 aliphatic heterocycles. The van der Waals surface area contributed by atoms with Crippen LogP contribution in [-0.2, 0) is 24.9 Å². The molecule has 0 fully saturated rings. The Morgan fingerprint density at radius 2 is 1.64 bits per heavy atom. The summed E-state index contributed by atoms with van der Waals surface area (Å²) in [4.78, 5) is 0. The lowest BCUT2D eigenvalue weighted by molar-refractivity contribution is 0.0881. The average molecular weight is 347 g/mol. The van der Waals surface area contributed by atoms with Gasteiger partial charge in [0.25, 0.3) is 10.1 Å². The molecule has 0 amide bonds. The molecule has 0 saturated carbocycles. The van der Waals surface area contributed by atoms with E-state index >= 15 is 0 Å². The number of nitrogens with one attached hydrogen (secondary N) is 1. The van der Waals surface area contributed by atoms with Gasteiger partial charge in [0.1, 0.15) is 0 Å². The van der Waals surface area contributed by atoms with E-state index in [0.717, 1.165) is 0 Å². The standard InChI is InChI=1S/C12H10FNO6S2/c1-2-3-4-5-6-7-8-9-12(22(17,18)19)14-21(15,16)11-20-10-13/h12,14H,10-11H2,1H3,(H,17,18,19). The molecule has 0 spiro atoms. The fourth-order valence-corrected chi connectivity index (χ4v) is 2.66. The molecule has 7 nitrogen and oxygen atoms in total. The van der Waals surface area contributed by atoms with Crippen LogP contribution in [0.15, 0.2) is 0 Å². The van der Waals surface area contributed by atoms with Gasteiger partial charge >= 0.3 is 0 Å². The van der Waals surface area contributed by atoms with Crippen LogP contribution in [0.3, 0.4) is 0 Å². The summed E-state index contributed by atoms with van der Waals surface area (Å²) in [5.41, 5.74) is 0. The summed E-state index contributed by atoms with van der Waals surface area (Å²) in [6.45, 7) is 0.186. The highest BCUT2D eigenvalue weighted by atomic mass is 32.2. The number of rotatable bonds is 6. The van der Waals surface area contributed by atoms with Crippen molar-refractivity contribution in [2.24, 2.45) is 0 Å². The van der Waals surface area contributed by atoms with Gasteiger partial charge in [-0.3, -0.25) is 4.55 Å². The minimum Gasteiger partial charge on any atom is -0.333 e. The van der Waals surface area contributed by atoms with Gasteiger partial charge < -0.3 is 4.74 Å². The number of alkyl halides is 1. The first-order valence-electron chi connectivity index (χ1n) is 5.25. The third kappa shape index (κ3) is 9.79. The minimum atomic E-state index is -4.86. The van der Waals surface area contributed by atoms with E-state index in [-0.39, 0.29) is 0 Å². The topological polar surface area (TPSA) is 110 Å². The van der Waals surface area contributed by atoms with Gasteiger partial charge in [-0.25, -0.2) is 12.8 Å². The molecule has 1 unspecified atom stereocenters. The van der Waals surface area contributed by atoms with Gasteiger partial charge in [0.05, 0.1) is 0 Å². The Labute approximate surface area is 128 Å². The van der Waals surface area contributed by atoms with E-state index < -0.39 is 38.3 Å². The molecule has 0 saturated heterocycles. The largest absolute Gasteiger partial charge is 0.333 e. The SMILES string of the molecule is CC#CC#CC#CC#CC(NS(=O)(=O)COCF)S(=O)(=O)O. The van der Waals surface area contributed by atoms with Crippen LogP contribution in [0.25, 0.3) is 0 Å². The van der Waals surface area contributed by atoms with Gasteiger partial charge in [-0.15, -0.1) is 0 Å². The predicted octanol–water partition coefficient (Wildman–Crippen LogP) is -0.946. The van der Waals surface area contributed by atoms with Crippen molar-refractivity contribution in [1.29, 1.82) is 0 Å². The van der Waals surface area contributed by atoms with Crippen LogP contribution in [0.1, 0.15) is 6.92 Å². The quantitative estimate of drug-likeness (QED) is 0.474. The molecule has 0 bridgehead atoms. The third-order valence-electron chi connectivity index (χ3n) is 1.54. The smallest absolute Gasteiger partial charge is 0.293 e. The van der Waals surface area contributed by atoms with Crippen molar-refractivity contribution in [3.05, 3.63) is 0 Å². The van der Waals surface area contributed by atoms with E-state index in [1.165, 1.54) is 4.72 Å². The average Bonchev–Trinajstić information content (AvgIpc) is 2.42. The Balaban J connectivity index is 5.13. The van der Waals surface area contributed by atoms with E-state index in [9.17, 15) is 21.2 Å². The zero-order valence-corrected chi connectivity index (χ0v) is 12.8. The highest BCUT2D eigenvalue weighted by Crippen LogP contribution is 1.98. The molecule has 0 aromatic rings. The van der Waals surface area contributed by atoms with E-state index in [4.69, 9.17) is 4.55 Å². The molecule has 22 heavy (non-hydrogen) atoms. The molecule has 2 N–H and O–H groups in total. The van der Waals surface area contributed by atoms with E-state index in [0.29, 0.717) is 0 Å². The van der Waals surface area contributed by atoms with E-state index in [1.54, 1.807) is 6.92 Å². The number of halogens is 1. The molecular weight excluding hydrogens is 337 g/mol. The first kappa shape index (κ1) is 19.9. The highest BCUT2D eigenvalue weighted by molar-refractivity contribution is 7.91. The Morgan fingerprint density at radius 3 is 2.14 bits per heavy atom. The Morgan fingerprint density at radius 1 is 1.09 bits per heavy atom. The second-order valence-corrected chi connectivity index (χ2v) is 6.41. The number of sulfonamides is 1. The zero-order valence-electron chi connectivity index (χ0n) is 11.2. The molecular formula is C12H10FNO6S2. The van der Waals surface area contributed by atoms with Crippen LogP contribution in [0.2, 0.25) is 0 Å². The third-order valence-corrected chi connectivity index (χ3v) is 3.59. The lowest BCUT2D eigenvalue weighted by atomic mass is 10.5. The molecule has 0 radical (unpaired) electrons. The monoisotopic (exact) mass is 347 g/mol. The molecule has 1 atom stereocenters. The molecule has 0 aliphatic rings. The molecule has 118 valence electrons. The fourth-order valence-electron chi connectivity index (χ4n) is 0.792. The van der Waals surface area contributed by atoms with Gasteiger partial charge in [-0.1, -0.05) is 5.92 Å². The molecule has 0 aromatic heterocycles. The lowest BCUT2D eigenvalue weighted by Gasteiger charge is -2.09. The zero-order chi connectivity index (χ0) is 17.1. The van der Waals surface area contributed by atoms with Crippen molar-refractivity contribution >= 4 is 20.1 Å². The fraction of sp³-hybridized carbons (Fsp3) is 0.333. The van der Waals surface area contributed by atoms with Crippen LogP contribution in [0.5, 0.6) is 0 Å². The van der Waals surface area contributed by atoms with Crippen LogP contribution >= 0.6 is 0 Å². The second-order valence-electron chi connectivity index (χ2n) is 3.20. The summed E-state index contributed by atoms with van der Waals surface area (Å²) in [5.74, 6) is 16.6. The maximum absolute atomic E-state index is 11.7. The lowest BCUT2D eigenvalue weighted by Crippen LogP contribution is -2.41. The van der Waals surface area contributed by atoms with E-state index in [2.05, 4.69) is 40.3 Å². The Kier molecular flexibility index (Phi) is 8.89. The van der Waals surface area contributed by atoms with Crippen molar-refractivity contribution in [3.8, 4) is 47.4 Å². The maximum Gasteiger partial charge on any atom is 0.293 e. The van der Waals surface area contributed by atoms with Crippen molar-refractivity contribution in [3.63, 3.8) is 0 Å². The van der Waals surface area contributed by atoms with Gasteiger partial charge in [0.15, 0.2) is 12.8 Å². The summed E-state index contributed by atoms with van der Waals surface area (Å²) in [5, 5.41) is -2.17. The first-order chi connectivity index (χ1) is 10.2. The van der Waals surface area contributed by atoms with E-state index in [1.807, 2.05) is 11.8 Å². The number of ether oxygens (including phenoxy) is 1. The van der Waals surface area contributed by atoms with Gasteiger partial charge in [-0.2, -0.15) is 13.1 Å². The Bertz CT molecular complexity index is 832. The van der Waals surface area contributed by atoms with Gasteiger partial charge in [0.2, 0.25) is 15.4 Å². The summed E-state index contributed by atoms with van der Waals surface area (Å²) >= 11 is 0. The first-order valence-corrected chi connectivity index (χ1v) is 8.41. The molecule has 0 aliphatic carbocycles. The summed E-state index contributed by atoms with van der Waals surface area (Å²) < 4.78 is 70.8. The number of hydrogen-bond acceptors (Lipinski definition) is 5. The van der Waals surface area contributed by atoms with Crippen LogP contribution < -0.4 is 4.72 Å². The minimum absolute atomic E-state index is 1.13. The van der Waals surface area contributed by atoms with Crippen LogP contribution in [0, 0.1) is 47.4 Å². The predicted molar refractivity (Wildman–Crippen MR) is 76.1 cm³/mol. The van der Waals surface area contributed by atoms with Gasteiger partial charge in [-0.05, 0) is 48.4 Å². The van der Waals surface area contributed by atoms with Crippen molar-refractivity contribution in [2.45, 2.75) is 12.3 Å². The second kappa shape index (κ2) is 9.81. The van der Waals surface area contributed by atoms with Gasteiger partial charge in [0, 0.05) is 0 Å². The van der Waals surface area contributed by atoms with Crippen LogP contribution in [0.4, 0.5) is 4.39 Å². The normalized spacial score (nSPS) is 11.2. The van der Waals surface area contributed by atoms with Crippen LogP contribution in [-0.4, -0.2) is 39.6 Å². The number of hydrogen-bond donors (Lipinski definition) is 2. The molecule has 10 heteroatoms. The Hall–Kier alpha value is -2.05. The van der Waals surface area contributed by atoms with Crippen molar-refractivity contribution in [2.75, 3.05) is 12.8 Å². The molecule has 0 rings (SSSR count). The molecule has 0 heterocycles. The maximum atomic E-state index is 11.7. The summed E-state index contributed by atoms with van der Waals surface area (Å²) in [6.07, 6.45) is 0. The summed E-state index contributed by atoms with van der Waals surface area (Å²) in [6, 6.07) is 0.